The molecule has 2 aromatic rings. The van der Waals surface area contributed by atoms with Gasteiger partial charge in [-0.1, -0.05) is 66.7 Å². The highest BCUT2D eigenvalue weighted by Crippen LogP contribution is 2.22. The van der Waals surface area contributed by atoms with E-state index in [1.807, 2.05) is 6.08 Å². The molecule has 19 heavy (non-hydrogen) atoms. The summed E-state index contributed by atoms with van der Waals surface area (Å²) >= 11 is 0. The Balaban J connectivity index is 2.11. The highest BCUT2D eigenvalue weighted by Gasteiger charge is 2.13. The molecule has 0 aliphatic rings. The molecule has 0 bridgehead atoms. The Bertz CT molecular complexity index is 490. The molecule has 0 saturated carbocycles. The van der Waals surface area contributed by atoms with E-state index in [0.29, 0.717) is 12.1 Å². The van der Waals surface area contributed by atoms with Gasteiger partial charge < -0.3 is 5.32 Å². The van der Waals surface area contributed by atoms with Gasteiger partial charge in [0.15, 0.2) is 0 Å². The Hall–Kier alpha value is -1.86. The second-order valence-corrected chi connectivity index (χ2v) is 4.79. The fourth-order valence-electron chi connectivity index (χ4n) is 2.29. The molecule has 98 valence electrons. The van der Waals surface area contributed by atoms with E-state index in [-0.39, 0.29) is 0 Å². The summed E-state index contributed by atoms with van der Waals surface area (Å²) in [6.07, 6.45) is 2.91. The first-order chi connectivity index (χ1) is 9.31. The number of rotatable bonds is 6. The summed E-state index contributed by atoms with van der Waals surface area (Å²) < 4.78 is 0. The molecule has 0 radical (unpaired) electrons. The van der Waals surface area contributed by atoms with E-state index in [9.17, 15) is 0 Å². The maximum absolute atomic E-state index is 3.87. The predicted octanol–water partition coefficient (Wildman–Crippen LogP) is 4.65. The monoisotopic (exact) mass is 251 g/mol. The fourth-order valence-corrected chi connectivity index (χ4v) is 2.29. The summed E-state index contributed by atoms with van der Waals surface area (Å²) in [6.45, 7) is 6.07. The van der Waals surface area contributed by atoms with Crippen molar-refractivity contribution in [2.24, 2.45) is 0 Å². The molecule has 1 unspecified atom stereocenters. The quantitative estimate of drug-likeness (QED) is 0.737. The molecular weight excluding hydrogens is 230 g/mol. The molecule has 0 heterocycles. The van der Waals surface area contributed by atoms with Crippen LogP contribution in [0.15, 0.2) is 73.3 Å². The topological polar surface area (TPSA) is 12.0 Å². The van der Waals surface area contributed by atoms with Crippen molar-refractivity contribution in [1.82, 2.24) is 5.32 Å². The maximum atomic E-state index is 3.87. The van der Waals surface area contributed by atoms with Crippen LogP contribution in [0.1, 0.15) is 36.6 Å². The minimum absolute atomic E-state index is 0.314. The molecule has 0 spiro atoms. The van der Waals surface area contributed by atoms with Gasteiger partial charge in [-0.15, -0.1) is 6.58 Å². The highest BCUT2D eigenvalue weighted by atomic mass is 14.9. The summed E-state index contributed by atoms with van der Waals surface area (Å²) in [5, 5.41) is 3.68. The number of benzene rings is 2. The van der Waals surface area contributed by atoms with Gasteiger partial charge in [0.25, 0.3) is 0 Å². The average Bonchev–Trinajstić information content (AvgIpc) is 2.48. The van der Waals surface area contributed by atoms with Crippen LogP contribution in [-0.4, -0.2) is 0 Å². The zero-order valence-corrected chi connectivity index (χ0v) is 11.4. The van der Waals surface area contributed by atoms with Crippen LogP contribution in [0, 0.1) is 0 Å². The average molecular weight is 251 g/mol. The van der Waals surface area contributed by atoms with Gasteiger partial charge in [-0.3, -0.25) is 0 Å². The third-order valence-corrected chi connectivity index (χ3v) is 3.36. The van der Waals surface area contributed by atoms with Gasteiger partial charge in [-0.2, -0.15) is 0 Å². The van der Waals surface area contributed by atoms with Gasteiger partial charge >= 0.3 is 0 Å². The molecule has 2 atom stereocenters. The van der Waals surface area contributed by atoms with Crippen LogP contribution in [0.4, 0.5) is 0 Å². The highest BCUT2D eigenvalue weighted by molar-refractivity contribution is 5.22. The first-order valence-electron chi connectivity index (χ1n) is 6.78. The second kappa shape index (κ2) is 6.91. The molecule has 2 aromatic carbocycles. The van der Waals surface area contributed by atoms with Gasteiger partial charge in [0.1, 0.15) is 0 Å². The van der Waals surface area contributed by atoms with E-state index in [4.69, 9.17) is 0 Å². The number of hydrogen-bond acceptors (Lipinski definition) is 1. The van der Waals surface area contributed by atoms with Crippen molar-refractivity contribution in [1.29, 1.82) is 0 Å². The van der Waals surface area contributed by atoms with Crippen molar-refractivity contribution >= 4 is 0 Å². The summed E-state index contributed by atoms with van der Waals surface area (Å²) in [7, 11) is 0. The lowest BCUT2D eigenvalue weighted by Crippen LogP contribution is -2.24. The van der Waals surface area contributed by atoms with Crippen molar-refractivity contribution in [2.75, 3.05) is 0 Å². The van der Waals surface area contributed by atoms with Gasteiger partial charge in [0.2, 0.25) is 0 Å². The molecule has 1 heteroatoms. The summed E-state index contributed by atoms with van der Waals surface area (Å²) in [5.41, 5.74) is 2.62. The molecular formula is C18H21N. The summed E-state index contributed by atoms with van der Waals surface area (Å²) in [4.78, 5) is 0. The van der Waals surface area contributed by atoms with Crippen molar-refractivity contribution in [3.63, 3.8) is 0 Å². The largest absolute Gasteiger partial charge is 0.303 e. The summed E-state index contributed by atoms with van der Waals surface area (Å²) in [6, 6.07) is 21.7. The Morgan fingerprint density at radius 2 is 1.47 bits per heavy atom. The van der Waals surface area contributed by atoms with Crippen LogP contribution in [0.2, 0.25) is 0 Å². The third kappa shape index (κ3) is 3.80. The minimum Gasteiger partial charge on any atom is -0.303 e. The Labute approximate surface area is 116 Å². The van der Waals surface area contributed by atoms with E-state index >= 15 is 0 Å². The standard InChI is InChI=1S/C18H21N/c1-3-10-18(17-13-8-5-9-14-17)19-15(2)16-11-6-4-7-12-16/h3-9,11-15,18-19H,1,10H2,2H3/t15-,18?/m1/s1. The lowest BCUT2D eigenvalue weighted by atomic mass is 10.0. The summed E-state index contributed by atoms with van der Waals surface area (Å²) in [5.74, 6) is 0. The minimum atomic E-state index is 0.314. The molecule has 2 rings (SSSR count). The van der Waals surface area contributed by atoms with Gasteiger partial charge in [0, 0.05) is 12.1 Å². The van der Waals surface area contributed by atoms with E-state index in [1.165, 1.54) is 11.1 Å². The smallest absolute Gasteiger partial charge is 0.0360 e. The van der Waals surface area contributed by atoms with Crippen LogP contribution in [0.3, 0.4) is 0 Å². The first kappa shape index (κ1) is 13.6. The molecule has 0 aliphatic carbocycles. The van der Waals surface area contributed by atoms with Crippen LogP contribution in [-0.2, 0) is 0 Å². The lowest BCUT2D eigenvalue weighted by Gasteiger charge is -2.23. The Kier molecular flexibility index (Phi) is 4.93. The third-order valence-electron chi connectivity index (χ3n) is 3.36. The van der Waals surface area contributed by atoms with Gasteiger partial charge in [0.05, 0.1) is 0 Å². The van der Waals surface area contributed by atoms with Crippen molar-refractivity contribution in [3.8, 4) is 0 Å². The number of nitrogens with one attached hydrogen (secondary N) is 1. The van der Waals surface area contributed by atoms with Crippen LogP contribution in [0.25, 0.3) is 0 Å². The predicted molar refractivity (Wildman–Crippen MR) is 82.0 cm³/mol. The normalized spacial score (nSPS) is 13.7. The molecule has 0 fully saturated rings. The SMILES string of the molecule is C=CCC(N[C@H](C)c1ccccc1)c1ccccc1. The zero-order chi connectivity index (χ0) is 13.5. The van der Waals surface area contributed by atoms with Crippen LogP contribution >= 0.6 is 0 Å². The van der Waals surface area contributed by atoms with Gasteiger partial charge in [-0.05, 0) is 24.5 Å². The number of hydrogen-bond donors (Lipinski definition) is 1. The van der Waals surface area contributed by atoms with Crippen molar-refractivity contribution < 1.29 is 0 Å². The van der Waals surface area contributed by atoms with E-state index in [1.54, 1.807) is 0 Å². The van der Waals surface area contributed by atoms with Gasteiger partial charge in [-0.25, -0.2) is 0 Å². The Morgan fingerprint density at radius 3 is 2.00 bits per heavy atom. The van der Waals surface area contributed by atoms with E-state index in [0.717, 1.165) is 6.42 Å². The molecule has 1 nitrogen and oxygen atoms in total. The fraction of sp³-hybridized carbons (Fsp3) is 0.222. The zero-order valence-electron chi connectivity index (χ0n) is 11.4. The molecule has 0 aliphatic heterocycles. The van der Waals surface area contributed by atoms with E-state index < -0.39 is 0 Å². The van der Waals surface area contributed by atoms with Crippen molar-refractivity contribution in [2.45, 2.75) is 25.4 Å². The molecule has 1 N–H and O–H groups in total. The van der Waals surface area contributed by atoms with E-state index in [2.05, 4.69) is 79.5 Å². The molecule has 0 saturated heterocycles. The first-order valence-corrected chi connectivity index (χ1v) is 6.78. The lowest BCUT2D eigenvalue weighted by molar-refractivity contribution is 0.470. The Morgan fingerprint density at radius 1 is 0.947 bits per heavy atom. The molecule has 0 aromatic heterocycles. The maximum Gasteiger partial charge on any atom is 0.0360 e. The second-order valence-electron chi connectivity index (χ2n) is 4.79. The van der Waals surface area contributed by atoms with Crippen LogP contribution in [0.5, 0.6) is 0 Å². The van der Waals surface area contributed by atoms with Crippen LogP contribution < -0.4 is 5.32 Å². The molecule has 0 amide bonds. The van der Waals surface area contributed by atoms with Crippen molar-refractivity contribution in [3.05, 3.63) is 84.4 Å².